The predicted molar refractivity (Wildman–Crippen MR) is 97.3 cm³/mol. The Hall–Kier alpha value is -1.88. The summed E-state index contributed by atoms with van der Waals surface area (Å²) in [5.41, 5.74) is 2.32. The first-order valence-corrected chi connectivity index (χ1v) is 8.68. The Balaban J connectivity index is 1.99. The molecule has 2 aromatic heterocycles. The predicted octanol–water partition coefficient (Wildman–Crippen LogP) is 3.85. The zero-order valence-corrected chi connectivity index (χ0v) is 14.8. The molecule has 1 aliphatic heterocycles. The summed E-state index contributed by atoms with van der Waals surface area (Å²) in [6.45, 7) is 7.53. The van der Waals surface area contributed by atoms with Gasteiger partial charge in [0.05, 0.1) is 17.8 Å². The van der Waals surface area contributed by atoms with Crippen LogP contribution in [0.25, 0.3) is 0 Å². The average molecular weight is 328 g/mol. The van der Waals surface area contributed by atoms with E-state index in [1.54, 1.807) is 0 Å². The Morgan fingerprint density at radius 3 is 2.74 bits per heavy atom. The van der Waals surface area contributed by atoms with Crippen LogP contribution in [0.5, 0.6) is 0 Å². The fourth-order valence-corrected chi connectivity index (χ4v) is 3.51. The molecule has 1 N–H and O–H groups in total. The number of hydrogen-bond acceptors (Lipinski definition) is 2. The van der Waals surface area contributed by atoms with Crippen molar-refractivity contribution < 1.29 is 0 Å². The molecular weight excluding hydrogens is 304 g/mol. The van der Waals surface area contributed by atoms with Crippen LogP contribution in [0.4, 0.5) is 0 Å². The molecule has 4 nitrogen and oxygen atoms in total. The van der Waals surface area contributed by atoms with Gasteiger partial charge in [-0.2, -0.15) is 0 Å². The van der Waals surface area contributed by atoms with E-state index < -0.39 is 0 Å². The maximum atomic E-state index is 5.60. The molecule has 0 amide bonds. The van der Waals surface area contributed by atoms with Gasteiger partial charge in [-0.3, -0.25) is 4.98 Å². The van der Waals surface area contributed by atoms with Gasteiger partial charge in [-0.05, 0) is 56.2 Å². The van der Waals surface area contributed by atoms with Crippen LogP contribution in [0, 0.1) is 0 Å². The second kappa shape index (κ2) is 6.71. The van der Waals surface area contributed by atoms with Crippen LogP contribution >= 0.6 is 12.2 Å². The minimum atomic E-state index is 0.0956. The lowest BCUT2D eigenvalue weighted by molar-refractivity contribution is 0.317. The van der Waals surface area contributed by atoms with Crippen LogP contribution in [-0.2, 0) is 0 Å². The summed E-state index contributed by atoms with van der Waals surface area (Å²) in [6, 6.07) is 9.01. The van der Waals surface area contributed by atoms with Crippen molar-refractivity contribution in [3.63, 3.8) is 0 Å². The molecule has 122 valence electrons. The monoisotopic (exact) mass is 328 g/mol. The standard InChI is InChI=1S/C18H24N4S/c1-4-10-22-17(14-8-11-21(12-14)13(2)3)16(20-18(22)23)15-7-5-6-9-19-15/h5-9,11-13,16-17H,4,10H2,1-3H3,(H,20,23)/t16-,17+/m0/s1. The van der Waals surface area contributed by atoms with Crippen molar-refractivity contribution in [2.75, 3.05) is 6.54 Å². The third-order valence-electron chi connectivity index (χ3n) is 4.34. The van der Waals surface area contributed by atoms with Crippen LogP contribution in [0.2, 0.25) is 0 Å². The van der Waals surface area contributed by atoms with E-state index in [0.29, 0.717) is 6.04 Å². The zero-order chi connectivity index (χ0) is 16.4. The molecule has 1 aliphatic rings. The molecule has 1 fully saturated rings. The molecule has 0 aromatic carbocycles. The SMILES string of the molecule is CCCN1C(=S)N[C@@H](c2ccccn2)[C@H]1c1ccn(C(C)C)c1. The highest BCUT2D eigenvalue weighted by Crippen LogP contribution is 2.38. The fraction of sp³-hybridized carbons (Fsp3) is 0.444. The first-order chi connectivity index (χ1) is 11.1. The van der Waals surface area contributed by atoms with Crippen molar-refractivity contribution in [3.05, 3.63) is 54.1 Å². The number of thiocarbonyl (C=S) groups is 1. The maximum Gasteiger partial charge on any atom is 0.170 e. The van der Waals surface area contributed by atoms with Gasteiger partial charge in [0.25, 0.3) is 0 Å². The molecule has 2 atom stereocenters. The molecule has 0 spiro atoms. The number of aromatic nitrogens is 2. The van der Waals surface area contributed by atoms with Crippen LogP contribution in [0.3, 0.4) is 0 Å². The quantitative estimate of drug-likeness (QED) is 0.845. The Bertz CT molecular complexity index is 665. The number of pyridine rings is 1. The van der Waals surface area contributed by atoms with Gasteiger partial charge < -0.3 is 14.8 Å². The largest absolute Gasteiger partial charge is 0.352 e. The highest BCUT2D eigenvalue weighted by atomic mass is 32.1. The van der Waals surface area contributed by atoms with Crippen molar-refractivity contribution >= 4 is 17.3 Å². The van der Waals surface area contributed by atoms with Crippen molar-refractivity contribution in [2.45, 2.75) is 45.3 Å². The van der Waals surface area contributed by atoms with E-state index in [-0.39, 0.29) is 12.1 Å². The summed E-state index contributed by atoms with van der Waals surface area (Å²) in [4.78, 5) is 6.85. The van der Waals surface area contributed by atoms with E-state index in [1.165, 1.54) is 5.56 Å². The van der Waals surface area contributed by atoms with Crippen molar-refractivity contribution in [1.29, 1.82) is 0 Å². The molecule has 0 aliphatic carbocycles. The molecule has 23 heavy (non-hydrogen) atoms. The Morgan fingerprint density at radius 1 is 1.30 bits per heavy atom. The summed E-state index contributed by atoms with van der Waals surface area (Å²) in [5, 5.41) is 4.30. The zero-order valence-electron chi connectivity index (χ0n) is 13.9. The van der Waals surface area contributed by atoms with E-state index in [0.717, 1.165) is 23.8 Å². The van der Waals surface area contributed by atoms with E-state index in [1.807, 2.05) is 18.3 Å². The Morgan fingerprint density at radius 2 is 2.13 bits per heavy atom. The number of hydrogen-bond donors (Lipinski definition) is 1. The van der Waals surface area contributed by atoms with Crippen LogP contribution in [0.1, 0.15) is 56.6 Å². The number of rotatable bonds is 5. The first-order valence-electron chi connectivity index (χ1n) is 8.27. The minimum Gasteiger partial charge on any atom is -0.352 e. The highest BCUT2D eigenvalue weighted by Gasteiger charge is 2.39. The van der Waals surface area contributed by atoms with Crippen LogP contribution < -0.4 is 5.32 Å². The van der Waals surface area contributed by atoms with Gasteiger partial charge in [0.15, 0.2) is 5.11 Å². The van der Waals surface area contributed by atoms with Crippen molar-refractivity contribution in [1.82, 2.24) is 19.8 Å². The minimum absolute atomic E-state index is 0.0956. The third kappa shape index (κ3) is 3.11. The molecule has 0 saturated carbocycles. The summed E-state index contributed by atoms with van der Waals surface area (Å²) < 4.78 is 2.25. The summed E-state index contributed by atoms with van der Waals surface area (Å²) in [6.07, 6.45) is 7.31. The topological polar surface area (TPSA) is 33.1 Å². The molecular formula is C18H24N4S. The van der Waals surface area contributed by atoms with E-state index in [9.17, 15) is 0 Å². The lowest BCUT2D eigenvalue weighted by Crippen LogP contribution is -2.30. The molecule has 0 radical (unpaired) electrons. The fourth-order valence-electron chi connectivity index (χ4n) is 3.18. The van der Waals surface area contributed by atoms with Gasteiger partial charge in [-0.25, -0.2) is 0 Å². The Labute approximate surface area is 143 Å². The normalized spacial score (nSPS) is 21.0. The molecule has 0 bridgehead atoms. The molecule has 0 unspecified atom stereocenters. The third-order valence-corrected chi connectivity index (χ3v) is 4.69. The average Bonchev–Trinajstić information content (AvgIpc) is 3.14. The lowest BCUT2D eigenvalue weighted by atomic mass is 9.99. The van der Waals surface area contributed by atoms with Gasteiger partial charge >= 0.3 is 0 Å². The van der Waals surface area contributed by atoms with Gasteiger partial charge in [-0.15, -0.1) is 0 Å². The van der Waals surface area contributed by atoms with E-state index >= 15 is 0 Å². The lowest BCUT2D eigenvalue weighted by Gasteiger charge is -2.26. The van der Waals surface area contributed by atoms with E-state index in [4.69, 9.17) is 12.2 Å². The summed E-state index contributed by atoms with van der Waals surface area (Å²) >= 11 is 5.60. The highest BCUT2D eigenvalue weighted by molar-refractivity contribution is 7.80. The molecule has 1 saturated heterocycles. The summed E-state index contributed by atoms with van der Waals surface area (Å²) in [7, 11) is 0. The van der Waals surface area contributed by atoms with Gasteiger partial charge in [0.1, 0.15) is 0 Å². The maximum absolute atomic E-state index is 5.60. The van der Waals surface area contributed by atoms with Crippen LogP contribution in [0.15, 0.2) is 42.9 Å². The number of nitrogens with one attached hydrogen (secondary N) is 1. The van der Waals surface area contributed by atoms with Crippen molar-refractivity contribution in [3.8, 4) is 0 Å². The summed E-state index contributed by atoms with van der Waals surface area (Å²) in [5.74, 6) is 0. The molecule has 3 heterocycles. The number of nitrogens with zero attached hydrogens (tertiary/aromatic N) is 3. The van der Waals surface area contributed by atoms with Crippen molar-refractivity contribution in [2.24, 2.45) is 0 Å². The van der Waals surface area contributed by atoms with Gasteiger partial charge in [0, 0.05) is 31.2 Å². The second-order valence-corrected chi connectivity index (χ2v) is 6.69. The van der Waals surface area contributed by atoms with Crippen LogP contribution in [-0.4, -0.2) is 26.1 Å². The first kappa shape index (κ1) is 16.0. The van der Waals surface area contributed by atoms with Gasteiger partial charge in [0.2, 0.25) is 0 Å². The smallest absolute Gasteiger partial charge is 0.170 e. The second-order valence-electron chi connectivity index (χ2n) is 6.31. The molecule has 5 heteroatoms. The van der Waals surface area contributed by atoms with E-state index in [2.05, 4.69) is 65.1 Å². The van der Waals surface area contributed by atoms with Gasteiger partial charge in [-0.1, -0.05) is 13.0 Å². The Kier molecular flexibility index (Phi) is 4.66. The molecule has 2 aromatic rings. The molecule has 3 rings (SSSR count).